The summed E-state index contributed by atoms with van der Waals surface area (Å²) in [6.07, 6.45) is 1.28. The van der Waals surface area contributed by atoms with Crippen LogP contribution >= 0.6 is 11.3 Å². The Hall–Kier alpha value is -4.22. The van der Waals surface area contributed by atoms with E-state index in [1.165, 1.54) is 24.4 Å². The van der Waals surface area contributed by atoms with E-state index in [0.29, 0.717) is 30.3 Å². The average Bonchev–Trinajstić information content (AvgIpc) is 3.35. The molecule has 0 aliphatic carbocycles. The molecule has 2 amide bonds. The van der Waals surface area contributed by atoms with Crippen LogP contribution in [0.5, 0.6) is 11.5 Å². The molecule has 1 aliphatic heterocycles. The van der Waals surface area contributed by atoms with Gasteiger partial charge < -0.3 is 25.2 Å². The van der Waals surface area contributed by atoms with E-state index in [1.807, 2.05) is 23.6 Å². The third-order valence-electron chi connectivity index (χ3n) is 5.38. The number of aromatic hydroxyl groups is 2. The molecule has 5 rings (SSSR count). The number of nitrogens with zero attached hydrogens (tertiary/aromatic N) is 4. The molecule has 0 saturated carbocycles. The van der Waals surface area contributed by atoms with E-state index in [-0.39, 0.29) is 11.5 Å². The van der Waals surface area contributed by atoms with Crippen LogP contribution in [0.25, 0.3) is 21.6 Å². The molecule has 0 radical (unpaired) electrons. The maximum Gasteiger partial charge on any atom is 0.339 e. The molecule has 3 heterocycles. The van der Waals surface area contributed by atoms with E-state index in [1.54, 1.807) is 23.5 Å². The molecule has 0 unspecified atom stereocenters. The molecule has 11 heteroatoms. The Balaban J connectivity index is 1.27. The van der Waals surface area contributed by atoms with Crippen LogP contribution in [0, 0.1) is 0 Å². The number of hydrazone groups is 1. The summed E-state index contributed by atoms with van der Waals surface area (Å²) < 4.78 is 6.54. The first kappa shape index (κ1) is 22.6. The molecule has 178 valence electrons. The number of rotatable bonds is 5. The summed E-state index contributed by atoms with van der Waals surface area (Å²) in [6, 6.07) is 12.8. The molecule has 0 bridgehead atoms. The number of carbonyl (C=O) groups is 1. The van der Waals surface area contributed by atoms with E-state index in [2.05, 4.69) is 20.7 Å². The van der Waals surface area contributed by atoms with Gasteiger partial charge in [-0.2, -0.15) is 5.10 Å². The summed E-state index contributed by atoms with van der Waals surface area (Å²) in [6.45, 7) is 2.93. The lowest BCUT2D eigenvalue weighted by Crippen LogP contribution is -2.36. The van der Waals surface area contributed by atoms with Crippen molar-refractivity contribution in [3.8, 4) is 22.9 Å². The van der Waals surface area contributed by atoms with Crippen molar-refractivity contribution < 1.29 is 19.7 Å². The van der Waals surface area contributed by atoms with Gasteiger partial charge in [-0.15, -0.1) is 11.3 Å². The number of benzene rings is 2. The van der Waals surface area contributed by atoms with Gasteiger partial charge in [0.25, 0.3) is 0 Å². The largest absolute Gasteiger partial charge is 0.508 e. The highest BCUT2D eigenvalue weighted by Gasteiger charge is 2.19. The topological polar surface area (TPSA) is 132 Å². The standard InChI is InChI=1S/C24H22N6O4S/c31-18-6-3-16(20(32)13-18)14-25-29-24(33)26-17-4-1-15(2-5-17)22-27-19-7-12-35-21(19)23(28-22)30-8-10-34-11-9-30/h1-7,12-14,31-32H,8-11H2,(H2,26,29,33)/b25-14+. The van der Waals surface area contributed by atoms with Gasteiger partial charge in [0.15, 0.2) is 11.6 Å². The van der Waals surface area contributed by atoms with E-state index >= 15 is 0 Å². The zero-order chi connectivity index (χ0) is 24.2. The molecular formula is C24H22N6O4S. The number of phenols is 2. The van der Waals surface area contributed by atoms with Gasteiger partial charge in [0.1, 0.15) is 11.5 Å². The maximum absolute atomic E-state index is 12.2. The van der Waals surface area contributed by atoms with E-state index in [0.717, 1.165) is 34.7 Å². The van der Waals surface area contributed by atoms with Gasteiger partial charge in [0.2, 0.25) is 0 Å². The van der Waals surface area contributed by atoms with Crippen LogP contribution in [0.3, 0.4) is 0 Å². The minimum Gasteiger partial charge on any atom is -0.508 e. The number of hydrogen-bond acceptors (Lipinski definition) is 9. The van der Waals surface area contributed by atoms with Gasteiger partial charge in [-0.25, -0.2) is 20.2 Å². The number of carbonyl (C=O) groups excluding carboxylic acids is 1. The predicted molar refractivity (Wildman–Crippen MR) is 135 cm³/mol. The Bertz CT molecular complexity index is 1380. The SMILES string of the molecule is O=C(N/N=C/c1ccc(O)cc1O)Nc1ccc(-c2nc(N3CCOCC3)c3sccc3n2)cc1. The summed E-state index contributed by atoms with van der Waals surface area (Å²) in [4.78, 5) is 24.0. The van der Waals surface area contributed by atoms with Gasteiger partial charge in [-0.05, 0) is 47.8 Å². The molecule has 10 nitrogen and oxygen atoms in total. The Morgan fingerprint density at radius 1 is 1.09 bits per heavy atom. The second kappa shape index (κ2) is 9.95. The number of aromatic nitrogens is 2. The van der Waals surface area contributed by atoms with Crippen LogP contribution in [0.1, 0.15) is 5.56 Å². The lowest BCUT2D eigenvalue weighted by Gasteiger charge is -2.28. The molecular weight excluding hydrogens is 468 g/mol. The molecule has 2 aromatic heterocycles. The molecule has 0 spiro atoms. The fourth-order valence-electron chi connectivity index (χ4n) is 3.63. The monoisotopic (exact) mass is 490 g/mol. The Morgan fingerprint density at radius 3 is 2.66 bits per heavy atom. The van der Waals surface area contributed by atoms with Crippen LogP contribution in [0.15, 0.2) is 59.0 Å². The zero-order valence-electron chi connectivity index (χ0n) is 18.5. The fourth-order valence-corrected chi connectivity index (χ4v) is 4.48. The van der Waals surface area contributed by atoms with Gasteiger partial charge in [-0.1, -0.05) is 0 Å². The van der Waals surface area contributed by atoms with Crippen LogP contribution in [-0.2, 0) is 4.74 Å². The first-order valence-corrected chi connectivity index (χ1v) is 11.8. The highest BCUT2D eigenvalue weighted by molar-refractivity contribution is 7.17. The second-order valence-electron chi connectivity index (χ2n) is 7.75. The van der Waals surface area contributed by atoms with Crippen molar-refractivity contribution in [2.45, 2.75) is 0 Å². The van der Waals surface area contributed by atoms with Crippen LogP contribution in [0.2, 0.25) is 0 Å². The molecule has 2 aromatic carbocycles. The van der Waals surface area contributed by atoms with Gasteiger partial charge in [0, 0.05) is 36.0 Å². The number of amides is 2. The van der Waals surface area contributed by atoms with Crippen LogP contribution < -0.4 is 15.6 Å². The molecule has 1 fully saturated rings. The summed E-state index contributed by atoms with van der Waals surface area (Å²) in [5.41, 5.74) is 4.99. The van der Waals surface area contributed by atoms with Crippen molar-refractivity contribution in [1.82, 2.24) is 15.4 Å². The van der Waals surface area contributed by atoms with Crippen molar-refractivity contribution >= 4 is 45.3 Å². The van der Waals surface area contributed by atoms with Gasteiger partial charge in [-0.3, -0.25) is 0 Å². The predicted octanol–water partition coefficient (Wildman–Crippen LogP) is 3.76. The highest BCUT2D eigenvalue weighted by Crippen LogP contribution is 2.32. The minimum atomic E-state index is -0.544. The normalized spacial score (nSPS) is 13.9. The molecule has 1 aliphatic rings. The number of thiophene rings is 1. The summed E-state index contributed by atoms with van der Waals surface area (Å²) in [5.74, 6) is 1.33. The van der Waals surface area contributed by atoms with Crippen molar-refractivity contribution in [2.24, 2.45) is 5.10 Å². The third kappa shape index (κ3) is 5.15. The van der Waals surface area contributed by atoms with E-state index < -0.39 is 6.03 Å². The fraction of sp³-hybridized carbons (Fsp3) is 0.167. The van der Waals surface area contributed by atoms with Crippen LogP contribution in [0.4, 0.5) is 16.3 Å². The molecule has 35 heavy (non-hydrogen) atoms. The maximum atomic E-state index is 12.2. The molecule has 4 aromatic rings. The highest BCUT2D eigenvalue weighted by atomic mass is 32.1. The average molecular weight is 491 g/mol. The second-order valence-corrected chi connectivity index (χ2v) is 8.67. The zero-order valence-corrected chi connectivity index (χ0v) is 19.3. The summed E-state index contributed by atoms with van der Waals surface area (Å²) in [7, 11) is 0. The Kier molecular flexibility index (Phi) is 6.42. The van der Waals surface area contributed by atoms with Crippen molar-refractivity contribution in [3.63, 3.8) is 0 Å². The Labute approximate surface area is 204 Å². The smallest absolute Gasteiger partial charge is 0.339 e. The third-order valence-corrected chi connectivity index (χ3v) is 6.28. The van der Waals surface area contributed by atoms with E-state index in [9.17, 15) is 15.0 Å². The van der Waals surface area contributed by atoms with Gasteiger partial charge in [0.05, 0.1) is 29.6 Å². The van der Waals surface area contributed by atoms with Crippen molar-refractivity contribution in [2.75, 3.05) is 36.5 Å². The number of morpholine rings is 1. The minimum absolute atomic E-state index is 0.0632. The van der Waals surface area contributed by atoms with Crippen molar-refractivity contribution in [3.05, 3.63) is 59.5 Å². The molecule has 4 N–H and O–H groups in total. The van der Waals surface area contributed by atoms with E-state index in [4.69, 9.17) is 14.7 Å². The first-order valence-electron chi connectivity index (χ1n) is 10.9. The molecule has 1 saturated heterocycles. The number of fused-ring (bicyclic) bond motifs is 1. The lowest BCUT2D eigenvalue weighted by molar-refractivity contribution is 0.122. The summed E-state index contributed by atoms with van der Waals surface area (Å²) >= 11 is 1.63. The number of anilines is 2. The van der Waals surface area contributed by atoms with Gasteiger partial charge >= 0.3 is 6.03 Å². The lowest BCUT2D eigenvalue weighted by atomic mass is 10.2. The van der Waals surface area contributed by atoms with Crippen molar-refractivity contribution in [1.29, 1.82) is 0 Å². The number of nitrogens with one attached hydrogen (secondary N) is 2. The number of ether oxygens (including phenoxy) is 1. The first-order chi connectivity index (χ1) is 17.1. The Morgan fingerprint density at radius 2 is 1.89 bits per heavy atom. The number of phenolic OH excluding ortho intramolecular Hbond substituents is 2. The van der Waals surface area contributed by atoms with Crippen LogP contribution in [-0.4, -0.2) is 58.7 Å². The quantitative estimate of drug-likeness (QED) is 0.247. The molecule has 0 atom stereocenters. The number of urea groups is 1. The number of hydrogen-bond donors (Lipinski definition) is 4. The summed E-state index contributed by atoms with van der Waals surface area (Å²) in [5, 5.41) is 27.6.